The van der Waals surface area contributed by atoms with Gasteiger partial charge in [0.05, 0.1) is 34.0 Å². The molecule has 1 aromatic heterocycles. The molecule has 180 valence electrons. The Labute approximate surface area is 207 Å². The maximum absolute atomic E-state index is 12.2. The van der Waals surface area contributed by atoms with Crippen LogP contribution >= 0.6 is 22.9 Å². The molecule has 1 aromatic carbocycles. The average Bonchev–Trinajstić information content (AvgIpc) is 3.52. The monoisotopic (exact) mass is 502 g/mol. The molecular weight excluding hydrogens is 476 g/mol. The number of carbonyl (C=O) groups excluding carboxylic acids is 2. The normalized spacial score (nSPS) is 18.2. The first-order valence-corrected chi connectivity index (χ1v) is 12.5. The van der Waals surface area contributed by atoms with E-state index in [2.05, 4.69) is 10.5 Å². The van der Waals surface area contributed by atoms with Crippen molar-refractivity contribution in [2.75, 3.05) is 26.2 Å². The predicted molar refractivity (Wildman–Crippen MR) is 132 cm³/mol. The molecule has 0 aliphatic carbocycles. The van der Waals surface area contributed by atoms with Gasteiger partial charge in [0.25, 0.3) is 5.91 Å². The van der Waals surface area contributed by atoms with E-state index in [0.29, 0.717) is 60.6 Å². The lowest BCUT2D eigenvalue weighted by molar-refractivity contribution is -0.149. The van der Waals surface area contributed by atoms with E-state index < -0.39 is 0 Å². The molecule has 1 atom stereocenters. The Morgan fingerprint density at radius 2 is 1.97 bits per heavy atom. The molecule has 2 aromatic rings. The molecule has 1 fully saturated rings. The van der Waals surface area contributed by atoms with Crippen molar-refractivity contribution in [2.24, 2.45) is 11.1 Å². The molecule has 8 nitrogen and oxygen atoms in total. The van der Waals surface area contributed by atoms with Gasteiger partial charge in [-0.2, -0.15) is 0 Å². The van der Waals surface area contributed by atoms with E-state index in [1.807, 2.05) is 36.1 Å². The molecule has 10 heteroatoms. The number of hydrogen-bond acceptors (Lipinski definition) is 7. The number of halogens is 1. The molecule has 34 heavy (non-hydrogen) atoms. The number of piperidine rings is 1. The molecule has 1 unspecified atom stereocenters. The van der Waals surface area contributed by atoms with Gasteiger partial charge in [0, 0.05) is 25.1 Å². The van der Waals surface area contributed by atoms with Crippen molar-refractivity contribution >= 4 is 46.4 Å². The number of likely N-dealkylation sites (tertiary alicyclic amines) is 1. The number of rotatable bonds is 7. The fourth-order valence-electron chi connectivity index (χ4n) is 4.04. The van der Waals surface area contributed by atoms with Crippen molar-refractivity contribution in [1.82, 2.24) is 10.2 Å². The Balaban J connectivity index is 1.25. The van der Waals surface area contributed by atoms with Crippen LogP contribution in [0, 0.1) is 11.3 Å². The van der Waals surface area contributed by atoms with Crippen LogP contribution in [0.5, 0.6) is 0 Å². The highest BCUT2D eigenvalue weighted by atomic mass is 35.5. The number of amidine groups is 1. The van der Waals surface area contributed by atoms with Gasteiger partial charge in [0.15, 0.2) is 0 Å². The van der Waals surface area contributed by atoms with Gasteiger partial charge in [0.1, 0.15) is 11.9 Å². The highest BCUT2D eigenvalue weighted by molar-refractivity contribution is 7.18. The zero-order valence-electron chi connectivity index (χ0n) is 18.9. The fourth-order valence-corrected chi connectivity index (χ4v) is 5.00. The van der Waals surface area contributed by atoms with E-state index in [4.69, 9.17) is 26.6 Å². The van der Waals surface area contributed by atoms with Crippen LogP contribution in [0.25, 0.3) is 0 Å². The van der Waals surface area contributed by atoms with Crippen LogP contribution < -0.4 is 5.32 Å². The predicted octanol–water partition coefficient (Wildman–Crippen LogP) is 3.92. The molecule has 4 rings (SSSR count). The second-order valence-corrected chi connectivity index (χ2v) is 9.94. The van der Waals surface area contributed by atoms with Crippen molar-refractivity contribution in [3.63, 3.8) is 0 Å². The summed E-state index contributed by atoms with van der Waals surface area (Å²) in [5.41, 5.74) is 2.56. The lowest BCUT2D eigenvalue weighted by Crippen LogP contribution is -2.40. The molecular formula is C24H27ClN4O4S. The smallest absolute Gasteiger partial charge is 0.309 e. The van der Waals surface area contributed by atoms with Crippen LogP contribution in [-0.2, 0) is 14.4 Å². The molecule has 0 bridgehead atoms. The molecule has 1 saturated heterocycles. The molecule has 2 N–H and O–H groups in total. The van der Waals surface area contributed by atoms with Crippen LogP contribution in [0.1, 0.15) is 47.0 Å². The lowest BCUT2D eigenvalue weighted by Gasteiger charge is -2.32. The number of nitrogens with zero attached hydrogens (tertiary/aromatic N) is 2. The van der Waals surface area contributed by atoms with E-state index in [1.165, 1.54) is 11.3 Å². The van der Waals surface area contributed by atoms with E-state index in [9.17, 15) is 9.59 Å². The van der Waals surface area contributed by atoms with Gasteiger partial charge in [-0.25, -0.2) is 0 Å². The molecule has 2 aliphatic heterocycles. The summed E-state index contributed by atoms with van der Waals surface area (Å²) in [5.74, 6) is 0.0646. The maximum atomic E-state index is 12.2. The van der Waals surface area contributed by atoms with E-state index in [0.717, 1.165) is 16.8 Å². The Hall–Kier alpha value is -2.91. The Kier molecular flexibility index (Phi) is 7.84. The molecule has 2 aliphatic rings. The summed E-state index contributed by atoms with van der Waals surface area (Å²) in [6.07, 6.45) is 1.76. The van der Waals surface area contributed by atoms with Crippen LogP contribution in [0.3, 0.4) is 0 Å². The minimum atomic E-state index is -0.229. The van der Waals surface area contributed by atoms with Crippen molar-refractivity contribution in [3.05, 3.63) is 56.7 Å². The summed E-state index contributed by atoms with van der Waals surface area (Å²) in [6, 6.07) is 11.1. The third kappa shape index (κ3) is 5.77. The zero-order valence-corrected chi connectivity index (χ0v) is 20.5. The second kappa shape index (κ2) is 11.0. The first kappa shape index (κ1) is 24.2. The number of esters is 1. The highest BCUT2D eigenvalue weighted by Gasteiger charge is 2.28. The maximum Gasteiger partial charge on any atom is 0.309 e. The number of ether oxygens (including phenoxy) is 1. The number of hydrogen-bond donors (Lipinski definition) is 2. The Bertz CT molecular complexity index is 1080. The summed E-state index contributed by atoms with van der Waals surface area (Å²) in [5, 5.41) is 15.6. The third-order valence-electron chi connectivity index (χ3n) is 5.94. The number of oxime groups is 1. The van der Waals surface area contributed by atoms with Gasteiger partial charge in [-0.1, -0.05) is 41.0 Å². The highest BCUT2D eigenvalue weighted by Crippen LogP contribution is 2.23. The van der Waals surface area contributed by atoms with Crippen molar-refractivity contribution < 1.29 is 19.2 Å². The summed E-state index contributed by atoms with van der Waals surface area (Å²) >= 11 is 7.12. The number of amides is 1. The van der Waals surface area contributed by atoms with Gasteiger partial charge in [-0.05, 0) is 37.5 Å². The van der Waals surface area contributed by atoms with Gasteiger partial charge in [-0.15, -0.1) is 11.3 Å². The van der Waals surface area contributed by atoms with Gasteiger partial charge in [0.2, 0.25) is 0 Å². The lowest BCUT2D eigenvalue weighted by atomic mass is 9.96. The van der Waals surface area contributed by atoms with Crippen molar-refractivity contribution in [2.45, 2.75) is 32.3 Å². The summed E-state index contributed by atoms with van der Waals surface area (Å²) in [7, 11) is 0. The SMILES string of the molecule is CCOC(=O)C1CCN(C(=N)c2ccc(C3=NOC(CNC(=O)c4ccc(Cl)s4)C3)cc2)CC1. The molecule has 1 amide bonds. The summed E-state index contributed by atoms with van der Waals surface area (Å²) < 4.78 is 5.70. The standard InChI is InChI=1S/C24H27ClN4O4S/c1-2-32-24(31)17-9-11-29(12-10-17)22(26)16-5-3-15(4-6-16)19-13-18(33-28-19)14-27-23(30)20-7-8-21(25)34-20/h3-8,17-18,26H,2,9-14H2,1H3,(H,27,30). The fraction of sp³-hybridized carbons (Fsp3) is 0.417. The summed E-state index contributed by atoms with van der Waals surface area (Å²) in [4.78, 5) is 32.2. The van der Waals surface area contributed by atoms with Crippen LogP contribution in [0.4, 0.5) is 0 Å². The minimum Gasteiger partial charge on any atom is -0.466 e. The zero-order chi connectivity index (χ0) is 24.1. The number of benzene rings is 1. The van der Waals surface area contributed by atoms with Crippen molar-refractivity contribution in [1.29, 1.82) is 5.41 Å². The van der Waals surface area contributed by atoms with E-state index in [-0.39, 0.29) is 23.9 Å². The quantitative estimate of drug-likeness (QED) is 0.339. The van der Waals surface area contributed by atoms with Gasteiger partial charge in [-0.3, -0.25) is 15.0 Å². The largest absolute Gasteiger partial charge is 0.466 e. The average molecular weight is 503 g/mol. The van der Waals surface area contributed by atoms with Crippen molar-refractivity contribution in [3.8, 4) is 0 Å². The van der Waals surface area contributed by atoms with Crippen LogP contribution in [0.2, 0.25) is 4.34 Å². The second-order valence-electron chi connectivity index (χ2n) is 8.22. The third-order valence-corrected chi connectivity index (χ3v) is 7.17. The van der Waals surface area contributed by atoms with Gasteiger partial charge < -0.3 is 19.8 Å². The van der Waals surface area contributed by atoms with Crippen LogP contribution in [0.15, 0.2) is 41.6 Å². The molecule has 0 spiro atoms. The Morgan fingerprint density at radius 3 is 2.62 bits per heavy atom. The molecule has 0 radical (unpaired) electrons. The molecule has 0 saturated carbocycles. The van der Waals surface area contributed by atoms with Gasteiger partial charge >= 0.3 is 5.97 Å². The Morgan fingerprint density at radius 1 is 1.24 bits per heavy atom. The minimum absolute atomic E-state index is 0.0763. The summed E-state index contributed by atoms with van der Waals surface area (Å²) in [6.45, 7) is 3.89. The molecule has 3 heterocycles. The first-order valence-electron chi connectivity index (χ1n) is 11.3. The first-order chi connectivity index (χ1) is 16.4. The van der Waals surface area contributed by atoms with Crippen LogP contribution in [-0.4, -0.2) is 60.7 Å². The number of thiophene rings is 1. The number of nitrogens with one attached hydrogen (secondary N) is 2. The van der Waals surface area contributed by atoms with E-state index in [1.54, 1.807) is 12.1 Å². The topological polar surface area (TPSA) is 104 Å². The van der Waals surface area contributed by atoms with E-state index >= 15 is 0 Å². The number of carbonyl (C=O) groups is 2.